The summed E-state index contributed by atoms with van der Waals surface area (Å²) in [5, 5.41) is 0. The molecule has 1 N–H and O–H groups in total. The molecule has 8 nitrogen and oxygen atoms in total. The van der Waals surface area contributed by atoms with Crippen molar-refractivity contribution in [3.63, 3.8) is 0 Å². The number of benzene rings is 1. The van der Waals surface area contributed by atoms with E-state index in [1.54, 1.807) is 34.9 Å². The number of carbonyl (C=O) groups is 2. The molecule has 27 heavy (non-hydrogen) atoms. The Morgan fingerprint density at radius 2 is 1.56 bits per heavy atom. The van der Waals surface area contributed by atoms with Crippen LogP contribution >= 0.6 is 0 Å². The normalized spacial score (nSPS) is 21.1. The average molecular weight is 392 g/mol. The maximum Gasteiger partial charge on any atom is 0.263 e. The van der Waals surface area contributed by atoms with Gasteiger partial charge in [0.25, 0.3) is 10.0 Å². The van der Waals surface area contributed by atoms with Crippen LogP contribution in [0.15, 0.2) is 34.2 Å². The highest BCUT2D eigenvalue weighted by molar-refractivity contribution is 7.90. The van der Waals surface area contributed by atoms with Gasteiger partial charge in [-0.25, -0.2) is 8.42 Å². The molecule has 0 aliphatic carbocycles. The summed E-state index contributed by atoms with van der Waals surface area (Å²) in [4.78, 5) is 32.7. The molecule has 3 rings (SSSR count). The zero-order valence-electron chi connectivity index (χ0n) is 15.7. The predicted molar refractivity (Wildman–Crippen MR) is 101 cm³/mol. The molecular formula is C18H24N4O4S. The van der Waals surface area contributed by atoms with Gasteiger partial charge in [-0.2, -0.15) is 0 Å². The minimum atomic E-state index is -3.63. The minimum Gasteiger partial charge on any atom is -0.339 e. The maximum absolute atomic E-state index is 12.7. The summed E-state index contributed by atoms with van der Waals surface area (Å²) < 4.78 is 26.7. The molecule has 0 spiro atoms. The second kappa shape index (κ2) is 7.30. The highest BCUT2D eigenvalue weighted by Gasteiger charge is 2.32. The lowest BCUT2D eigenvalue weighted by atomic mass is 10.1. The molecule has 1 atom stereocenters. The van der Waals surface area contributed by atoms with E-state index in [9.17, 15) is 18.0 Å². The Labute approximate surface area is 159 Å². The molecule has 146 valence electrons. The number of fused-ring (bicyclic) bond motifs is 1. The summed E-state index contributed by atoms with van der Waals surface area (Å²) in [6, 6.07) is 5.83. The van der Waals surface area contributed by atoms with Gasteiger partial charge in [-0.05, 0) is 19.1 Å². The second-order valence-corrected chi connectivity index (χ2v) is 8.71. The molecule has 0 unspecified atom stereocenters. The Kier molecular flexibility index (Phi) is 5.23. The number of amidine groups is 1. The number of hydrogen-bond donors (Lipinski definition) is 1. The molecule has 0 radical (unpaired) electrons. The standard InChI is InChI=1S/C18H24N4O4S/c1-12(2)17(23)21-8-10-22(11-9-21)18(24)13(3)19-16-14-6-4-5-7-15(14)27(25,26)20-16/h4-7,12-13H,8-11H2,1-3H3,(H,19,20)/t13-/m0/s1. The molecule has 0 saturated carbocycles. The summed E-state index contributed by atoms with van der Waals surface area (Å²) in [5.41, 5.74) is 0.476. The third kappa shape index (κ3) is 3.83. The van der Waals surface area contributed by atoms with Gasteiger partial charge in [0.2, 0.25) is 11.8 Å². The van der Waals surface area contributed by atoms with Crippen LogP contribution in [0.2, 0.25) is 0 Å². The number of carbonyl (C=O) groups excluding carboxylic acids is 2. The third-order valence-electron chi connectivity index (χ3n) is 4.74. The summed E-state index contributed by atoms with van der Waals surface area (Å²) in [5.74, 6) is 0.0446. The van der Waals surface area contributed by atoms with E-state index >= 15 is 0 Å². The lowest BCUT2D eigenvalue weighted by Crippen LogP contribution is -2.53. The Balaban J connectivity index is 1.69. The lowest BCUT2D eigenvalue weighted by molar-refractivity contribution is -0.141. The Morgan fingerprint density at radius 3 is 2.15 bits per heavy atom. The molecular weight excluding hydrogens is 368 g/mol. The average Bonchev–Trinajstić information content (AvgIpc) is 2.91. The molecule has 1 aromatic carbocycles. The number of nitrogens with one attached hydrogen (secondary N) is 1. The van der Waals surface area contributed by atoms with Crippen molar-refractivity contribution in [3.8, 4) is 0 Å². The van der Waals surface area contributed by atoms with Gasteiger partial charge in [-0.3, -0.25) is 19.3 Å². The maximum atomic E-state index is 12.7. The molecule has 2 aliphatic heterocycles. The number of aliphatic imine (C=N–C) groups is 1. The van der Waals surface area contributed by atoms with Gasteiger partial charge >= 0.3 is 0 Å². The first-order chi connectivity index (χ1) is 12.7. The molecule has 1 saturated heterocycles. The summed E-state index contributed by atoms with van der Waals surface area (Å²) >= 11 is 0. The summed E-state index contributed by atoms with van der Waals surface area (Å²) in [7, 11) is -3.63. The number of piperazine rings is 1. The molecule has 0 aromatic heterocycles. The number of amides is 2. The number of hydrogen-bond acceptors (Lipinski definition) is 5. The molecule has 2 aliphatic rings. The van der Waals surface area contributed by atoms with Crippen molar-refractivity contribution < 1.29 is 18.0 Å². The van der Waals surface area contributed by atoms with Crippen molar-refractivity contribution in [1.82, 2.24) is 14.5 Å². The van der Waals surface area contributed by atoms with Crippen LogP contribution in [0.5, 0.6) is 0 Å². The largest absolute Gasteiger partial charge is 0.339 e. The highest BCUT2D eigenvalue weighted by Crippen LogP contribution is 2.22. The van der Waals surface area contributed by atoms with Crippen LogP contribution in [0.3, 0.4) is 0 Å². The number of sulfonamides is 1. The van der Waals surface area contributed by atoms with E-state index in [0.29, 0.717) is 31.7 Å². The first-order valence-electron chi connectivity index (χ1n) is 8.98. The Morgan fingerprint density at radius 1 is 1.00 bits per heavy atom. The van der Waals surface area contributed by atoms with Crippen molar-refractivity contribution in [1.29, 1.82) is 0 Å². The SMILES string of the molecule is CC(C)C(=O)N1CCN(C(=O)[C@H](C)N=C2NS(=O)(=O)c3ccccc32)CC1. The van der Waals surface area contributed by atoms with Gasteiger partial charge in [0.15, 0.2) is 0 Å². The van der Waals surface area contributed by atoms with E-state index in [0.717, 1.165) is 0 Å². The van der Waals surface area contributed by atoms with Crippen LogP contribution in [-0.2, 0) is 19.6 Å². The highest BCUT2D eigenvalue weighted by atomic mass is 32.2. The fraction of sp³-hybridized carbons (Fsp3) is 0.500. The van der Waals surface area contributed by atoms with Gasteiger partial charge in [-0.1, -0.05) is 26.0 Å². The van der Waals surface area contributed by atoms with E-state index in [1.807, 2.05) is 13.8 Å². The van der Waals surface area contributed by atoms with Crippen molar-refractivity contribution in [2.45, 2.75) is 31.7 Å². The molecule has 1 fully saturated rings. The first-order valence-corrected chi connectivity index (χ1v) is 10.5. The Hall–Kier alpha value is -2.42. The Bertz CT molecular complexity index is 886. The molecule has 2 amide bonds. The molecule has 9 heteroatoms. The van der Waals surface area contributed by atoms with E-state index in [1.165, 1.54) is 6.07 Å². The zero-order chi connectivity index (χ0) is 19.8. The van der Waals surface area contributed by atoms with Crippen LogP contribution in [0.1, 0.15) is 26.3 Å². The van der Waals surface area contributed by atoms with Crippen molar-refractivity contribution in [3.05, 3.63) is 29.8 Å². The molecule has 1 aromatic rings. The van der Waals surface area contributed by atoms with Crippen molar-refractivity contribution in [2.75, 3.05) is 26.2 Å². The van der Waals surface area contributed by atoms with Crippen LogP contribution in [0.25, 0.3) is 0 Å². The van der Waals surface area contributed by atoms with Gasteiger partial charge in [0.1, 0.15) is 11.9 Å². The number of nitrogens with zero attached hydrogens (tertiary/aromatic N) is 3. The fourth-order valence-electron chi connectivity index (χ4n) is 3.26. The minimum absolute atomic E-state index is 0.0620. The monoisotopic (exact) mass is 392 g/mol. The van der Waals surface area contributed by atoms with Gasteiger partial charge in [-0.15, -0.1) is 0 Å². The van der Waals surface area contributed by atoms with Crippen LogP contribution in [0.4, 0.5) is 0 Å². The first kappa shape index (κ1) is 19.3. The summed E-state index contributed by atoms with van der Waals surface area (Å²) in [6.07, 6.45) is 0. The summed E-state index contributed by atoms with van der Waals surface area (Å²) in [6.45, 7) is 7.28. The van der Waals surface area contributed by atoms with E-state index in [4.69, 9.17) is 0 Å². The smallest absolute Gasteiger partial charge is 0.263 e. The quantitative estimate of drug-likeness (QED) is 0.807. The van der Waals surface area contributed by atoms with E-state index in [-0.39, 0.29) is 28.5 Å². The topological polar surface area (TPSA) is 99.2 Å². The fourth-order valence-corrected chi connectivity index (χ4v) is 4.49. The van der Waals surface area contributed by atoms with Crippen LogP contribution in [-0.4, -0.2) is 68.1 Å². The van der Waals surface area contributed by atoms with E-state index < -0.39 is 16.1 Å². The van der Waals surface area contributed by atoms with Gasteiger partial charge in [0, 0.05) is 37.7 Å². The third-order valence-corrected chi connectivity index (χ3v) is 6.14. The van der Waals surface area contributed by atoms with Gasteiger partial charge in [0.05, 0.1) is 4.90 Å². The van der Waals surface area contributed by atoms with Crippen LogP contribution in [0, 0.1) is 5.92 Å². The van der Waals surface area contributed by atoms with E-state index in [2.05, 4.69) is 9.71 Å². The van der Waals surface area contributed by atoms with Gasteiger partial charge < -0.3 is 9.80 Å². The molecule has 2 heterocycles. The van der Waals surface area contributed by atoms with Crippen LogP contribution < -0.4 is 4.72 Å². The van der Waals surface area contributed by atoms with Crippen molar-refractivity contribution in [2.24, 2.45) is 10.9 Å². The second-order valence-electron chi connectivity index (χ2n) is 7.06. The number of rotatable bonds is 3. The lowest BCUT2D eigenvalue weighted by Gasteiger charge is -2.36. The zero-order valence-corrected chi connectivity index (χ0v) is 16.5. The predicted octanol–water partition coefficient (Wildman–Crippen LogP) is 0.440. The molecule has 0 bridgehead atoms. The van der Waals surface area contributed by atoms with Crippen molar-refractivity contribution >= 4 is 27.7 Å².